The molecule has 2 aromatic carbocycles. The number of esters is 1. The van der Waals surface area contributed by atoms with Crippen LogP contribution < -0.4 is 16.1 Å². The fourth-order valence-corrected chi connectivity index (χ4v) is 11.6. The van der Waals surface area contributed by atoms with Gasteiger partial charge in [0.25, 0.3) is 5.91 Å². The predicted octanol–water partition coefficient (Wildman–Crippen LogP) is 4.54. The number of benzene rings is 2. The number of hydrazine groups is 1. The number of aromatic nitrogens is 2. The maximum atomic E-state index is 14.7. The highest BCUT2D eigenvalue weighted by Gasteiger charge is 2.49. The summed E-state index contributed by atoms with van der Waals surface area (Å²) in [6, 6.07) is 12.5. The number of pyridine rings is 1. The van der Waals surface area contributed by atoms with Crippen LogP contribution in [0.5, 0.6) is 5.75 Å². The molecule has 0 radical (unpaired) electrons. The van der Waals surface area contributed by atoms with Crippen LogP contribution in [0.2, 0.25) is 0 Å². The summed E-state index contributed by atoms with van der Waals surface area (Å²) in [5.74, 6) is -2.76. The third kappa shape index (κ3) is 9.31. The summed E-state index contributed by atoms with van der Waals surface area (Å²) in [6.45, 7) is 15.7. The molecule has 8 rings (SSSR count). The average Bonchev–Trinajstić information content (AvgIpc) is 4.08. The lowest BCUT2D eigenvalue weighted by Gasteiger charge is -2.41. The Hall–Kier alpha value is -5.36. The van der Waals surface area contributed by atoms with Crippen molar-refractivity contribution in [2.24, 2.45) is 17.3 Å². The minimum atomic E-state index is -3.53. The third-order valence-electron chi connectivity index (χ3n) is 13.4. The van der Waals surface area contributed by atoms with E-state index in [1.807, 2.05) is 24.4 Å². The van der Waals surface area contributed by atoms with Crippen LogP contribution in [0.15, 0.2) is 54.7 Å². The summed E-state index contributed by atoms with van der Waals surface area (Å²) in [5.41, 5.74) is 9.94. The number of phenolic OH excluding ortho intramolecular Hbond substituents is 1. The van der Waals surface area contributed by atoms with Gasteiger partial charge in [0.1, 0.15) is 29.2 Å². The molecule has 0 saturated carbocycles. The number of aryl methyl sites for hydroxylation is 1. The second kappa shape index (κ2) is 18.4. The molecule has 0 aliphatic carbocycles. The summed E-state index contributed by atoms with van der Waals surface area (Å²) in [6.07, 6.45) is 3.31. The minimum Gasteiger partial charge on any atom is -0.508 e. The lowest BCUT2D eigenvalue weighted by atomic mass is 9.83. The van der Waals surface area contributed by atoms with Crippen LogP contribution in [0.3, 0.4) is 0 Å². The number of nitrogens with one attached hydrogen (secondary N) is 3. The lowest BCUT2D eigenvalue weighted by Crippen LogP contribution is -2.63. The number of rotatable bonds is 10. The topological polar surface area (TPSA) is 205 Å². The number of ether oxygens (including phenoxy) is 1. The van der Waals surface area contributed by atoms with Crippen molar-refractivity contribution < 1.29 is 37.4 Å². The highest BCUT2D eigenvalue weighted by molar-refractivity contribution is 7.90. The number of amides is 3. The van der Waals surface area contributed by atoms with Gasteiger partial charge in [0, 0.05) is 74.3 Å². The highest BCUT2D eigenvalue weighted by atomic mass is 32.2. The van der Waals surface area contributed by atoms with Crippen molar-refractivity contribution in [2.45, 2.75) is 110 Å². The molecule has 3 saturated heterocycles. The van der Waals surface area contributed by atoms with E-state index >= 15 is 0 Å². The molecule has 2 aromatic heterocycles. The van der Waals surface area contributed by atoms with Crippen LogP contribution in [-0.4, -0.2) is 124 Å². The Morgan fingerprint density at radius 1 is 1.06 bits per heavy atom. The van der Waals surface area contributed by atoms with Crippen LogP contribution in [0, 0.1) is 17.3 Å². The predicted molar refractivity (Wildman–Crippen MR) is 251 cm³/mol. The molecule has 0 unspecified atom stereocenters. The number of nitrogens with zero attached hydrogens (tertiary/aromatic N) is 5. The Labute approximate surface area is 387 Å². The molecule has 354 valence electrons. The zero-order valence-corrected chi connectivity index (χ0v) is 40.1. The highest BCUT2D eigenvalue weighted by Crippen LogP contribution is 2.42. The molecule has 6 heterocycles. The number of carbonyl (C=O) groups is 4. The molecule has 66 heavy (non-hydrogen) atoms. The van der Waals surface area contributed by atoms with Crippen molar-refractivity contribution in [1.82, 2.24) is 39.8 Å². The average molecular weight is 925 g/mol. The first-order valence-corrected chi connectivity index (χ1v) is 24.8. The van der Waals surface area contributed by atoms with Crippen molar-refractivity contribution >= 4 is 44.6 Å². The van der Waals surface area contributed by atoms with E-state index in [4.69, 9.17) is 9.72 Å². The van der Waals surface area contributed by atoms with Crippen LogP contribution in [0.1, 0.15) is 84.0 Å². The smallest absolute Gasteiger partial charge is 0.324 e. The largest absolute Gasteiger partial charge is 0.508 e. The van der Waals surface area contributed by atoms with E-state index in [0.717, 1.165) is 44.5 Å². The van der Waals surface area contributed by atoms with Gasteiger partial charge in [-0.3, -0.25) is 34.5 Å². The van der Waals surface area contributed by atoms with Gasteiger partial charge in [-0.15, -0.1) is 0 Å². The van der Waals surface area contributed by atoms with Crippen molar-refractivity contribution in [1.29, 1.82) is 0 Å². The maximum absolute atomic E-state index is 14.7. The van der Waals surface area contributed by atoms with E-state index in [1.54, 1.807) is 26.0 Å². The zero-order valence-electron chi connectivity index (χ0n) is 39.3. The molecule has 4 aliphatic heterocycles. The van der Waals surface area contributed by atoms with Crippen molar-refractivity contribution in [3.05, 3.63) is 71.5 Å². The summed E-state index contributed by atoms with van der Waals surface area (Å²) in [5, 5.41) is 18.9. The van der Waals surface area contributed by atoms with E-state index in [1.165, 1.54) is 21.3 Å². The van der Waals surface area contributed by atoms with Crippen LogP contribution in [0.4, 0.5) is 0 Å². The summed E-state index contributed by atoms with van der Waals surface area (Å²) in [7, 11) is -2.00. The van der Waals surface area contributed by atoms with E-state index in [0.29, 0.717) is 37.9 Å². The zero-order chi connectivity index (χ0) is 47.4. The minimum absolute atomic E-state index is 0.0158. The molecule has 6 bridgehead atoms. The van der Waals surface area contributed by atoms with Gasteiger partial charge in [0.15, 0.2) is 0 Å². The number of hydrogen-bond donors (Lipinski definition) is 4. The van der Waals surface area contributed by atoms with Gasteiger partial charge in [0.2, 0.25) is 21.8 Å². The molecule has 3 fully saturated rings. The third-order valence-corrected chi connectivity index (χ3v) is 15.5. The van der Waals surface area contributed by atoms with Crippen molar-refractivity contribution in [2.75, 3.05) is 39.8 Å². The first-order chi connectivity index (χ1) is 31.3. The van der Waals surface area contributed by atoms with Gasteiger partial charge in [-0.05, 0) is 96.7 Å². The Morgan fingerprint density at radius 3 is 2.48 bits per heavy atom. The number of sulfonamides is 1. The van der Waals surface area contributed by atoms with Gasteiger partial charge >= 0.3 is 5.97 Å². The van der Waals surface area contributed by atoms with Crippen molar-refractivity contribution in [3.63, 3.8) is 0 Å². The molecule has 4 aliphatic rings. The van der Waals surface area contributed by atoms with Crippen LogP contribution >= 0.6 is 0 Å². The second-order valence-electron chi connectivity index (χ2n) is 19.9. The fraction of sp³-hybridized carbons (Fsp3) is 0.531. The number of fused-ring (bicyclic) bond motifs is 6. The fourth-order valence-electron chi connectivity index (χ4n) is 9.94. The van der Waals surface area contributed by atoms with Gasteiger partial charge in [-0.1, -0.05) is 53.7 Å². The molecular formula is C49H64N8O8S. The molecule has 3 amide bonds. The summed E-state index contributed by atoms with van der Waals surface area (Å²) in [4.78, 5) is 63.1. The second-order valence-corrected chi connectivity index (χ2v) is 22.0. The summed E-state index contributed by atoms with van der Waals surface area (Å²) >= 11 is 0. The normalized spacial score (nSPS) is 22.2. The maximum Gasteiger partial charge on any atom is 0.324 e. The van der Waals surface area contributed by atoms with Gasteiger partial charge in [-0.25, -0.2) is 13.8 Å². The van der Waals surface area contributed by atoms with Gasteiger partial charge < -0.3 is 24.6 Å². The van der Waals surface area contributed by atoms with Crippen molar-refractivity contribution in [3.8, 4) is 28.1 Å². The van der Waals surface area contributed by atoms with E-state index in [9.17, 15) is 32.7 Å². The summed E-state index contributed by atoms with van der Waals surface area (Å²) < 4.78 is 35.2. The Bertz CT molecular complexity index is 2650. The Kier molecular flexibility index (Phi) is 13.1. The molecule has 4 atom stereocenters. The van der Waals surface area contributed by atoms with Crippen LogP contribution in [-0.2, 0) is 53.3 Å². The molecule has 0 spiro atoms. The van der Waals surface area contributed by atoms with E-state index < -0.39 is 62.6 Å². The number of phenols is 1. The number of aromatic hydroxyl groups is 1. The SMILES string of the molecule is CCn1c(-c2cccnc2C(C)C)c2c3cc(ccc31)-c1cc(O)cc(c1)C[C@H](NC(=O)[C@H](C(C)C)N(C)C(=O)C1CN(S(=O)(=O)[C@@H]3CN3)C1)C(=O)N1CCC[C@H](N1)C(=O)OCC(C)(C)C2. The van der Waals surface area contributed by atoms with Gasteiger partial charge in [-0.2, -0.15) is 4.31 Å². The molecule has 4 N–H and O–H groups in total. The standard InChI is InChI=1S/C49H64N8O8S/c1-9-56-40-15-14-31-22-36(40)37(44(56)35-12-10-16-50-42(35)28(2)3)23-49(6,7)27-65-48(62)38-13-11-17-57(53-38)47(61)39(20-30-18-32(31)21-34(58)19-30)52-45(59)43(29(4)5)54(8)46(60)33-25-55(26-33)66(63,64)41-24-51-41/h10,12,14-16,18-19,21-22,28-29,33,38-39,41,43,51,53,58H,9,11,13,17,20,23-27H2,1-8H3,(H,52,59)/t38-,39-,41+,43-/m0/s1. The first kappa shape index (κ1) is 47.1. The quantitative estimate of drug-likeness (QED) is 0.128. The van der Waals surface area contributed by atoms with Gasteiger partial charge in [0.05, 0.1) is 23.9 Å². The van der Waals surface area contributed by atoms with E-state index in [-0.39, 0.29) is 56.2 Å². The lowest BCUT2D eigenvalue weighted by molar-refractivity contribution is -0.155. The number of cyclic esters (lactones) is 1. The Balaban J connectivity index is 1.17. The molecule has 17 heteroatoms. The number of hydrogen-bond acceptors (Lipinski definition) is 11. The first-order valence-electron chi connectivity index (χ1n) is 23.2. The number of likely N-dealkylation sites (N-methyl/N-ethyl adjacent to an activating group) is 1. The monoisotopic (exact) mass is 924 g/mol. The van der Waals surface area contributed by atoms with E-state index in [2.05, 4.69) is 73.4 Å². The Morgan fingerprint density at radius 2 is 1.80 bits per heavy atom. The van der Waals surface area contributed by atoms with Crippen LogP contribution in [0.25, 0.3) is 33.3 Å². The molecule has 4 aromatic rings. The molecule has 16 nitrogen and oxygen atoms in total. The molecular weight excluding hydrogens is 861 g/mol. The number of carbonyl (C=O) groups excluding carboxylic acids is 4.